The topological polar surface area (TPSA) is 63.8 Å². The lowest BCUT2D eigenvalue weighted by atomic mass is 10.1. The van der Waals surface area contributed by atoms with Gasteiger partial charge in [0, 0.05) is 30.7 Å². The Labute approximate surface area is 120 Å². The number of aryl methyl sites for hydroxylation is 1. The Bertz CT molecular complexity index is 741. The highest BCUT2D eigenvalue weighted by molar-refractivity contribution is 7.98. The maximum atomic E-state index is 5.37. The quantitative estimate of drug-likeness (QED) is 0.743. The minimum Gasteiger partial charge on any atom is -0.416 e. The first-order valence-electron chi connectivity index (χ1n) is 6.25. The number of benzene rings is 1. The van der Waals surface area contributed by atoms with Crippen molar-refractivity contribution in [2.24, 2.45) is 0 Å². The van der Waals surface area contributed by atoms with Crippen LogP contribution < -0.4 is 5.32 Å². The van der Waals surface area contributed by atoms with Gasteiger partial charge < -0.3 is 9.73 Å². The molecule has 3 rings (SSSR count). The number of hydrogen-bond acceptors (Lipinski definition) is 6. The average molecular weight is 286 g/mol. The molecule has 1 aromatic carbocycles. The molecular formula is C14H14N4OS. The molecule has 2 heterocycles. The Kier molecular flexibility index (Phi) is 3.56. The Hall–Kier alpha value is -2.08. The number of para-hydroxylation sites is 1. The predicted octanol–water partition coefficient (Wildman–Crippen LogP) is 3.26. The van der Waals surface area contributed by atoms with E-state index in [0.717, 1.165) is 28.0 Å². The summed E-state index contributed by atoms with van der Waals surface area (Å²) in [5, 5.41) is 12.7. The van der Waals surface area contributed by atoms with Crippen molar-refractivity contribution in [1.82, 2.24) is 15.2 Å². The maximum absolute atomic E-state index is 5.37. The molecule has 0 atom stereocenters. The van der Waals surface area contributed by atoms with Crippen molar-refractivity contribution in [2.45, 2.75) is 17.9 Å². The SMILES string of the molecule is CNc1nc2ccccc2cc1CSc1nnc(C)o1. The van der Waals surface area contributed by atoms with E-state index < -0.39 is 0 Å². The molecule has 0 saturated heterocycles. The van der Waals surface area contributed by atoms with E-state index in [1.807, 2.05) is 25.2 Å². The van der Waals surface area contributed by atoms with Gasteiger partial charge in [-0.1, -0.05) is 30.0 Å². The van der Waals surface area contributed by atoms with Gasteiger partial charge in [-0.25, -0.2) is 4.98 Å². The summed E-state index contributed by atoms with van der Waals surface area (Å²) < 4.78 is 5.37. The number of fused-ring (bicyclic) bond motifs is 1. The van der Waals surface area contributed by atoms with Crippen LogP contribution in [-0.2, 0) is 5.75 Å². The van der Waals surface area contributed by atoms with Crippen LogP contribution in [0.4, 0.5) is 5.82 Å². The number of anilines is 1. The molecule has 0 unspecified atom stereocenters. The molecule has 0 aliphatic heterocycles. The van der Waals surface area contributed by atoms with E-state index in [1.54, 1.807) is 6.92 Å². The number of aromatic nitrogens is 3. The zero-order valence-electron chi connectivity index (χ0n) is 11.3. The van der Waals surface area contributed by atoms with Crippen molar-refractivity contribution in [2.75, 3.05) is 12.4 Å². The molecule has 0 spiro atoms. The van der Waals surface area contributed by atoms with Crippen LogP contribution in [0.15, 0.2) is 40.0 Å². The Balaban J connectivity index is 1.89. The second-order valence-corrected chi connectivity index (χ2v) is 5.24. The monoisotopic (exact) mass is 286 g/mol. The van der Waals surface area contributed by atoms with E-state index >= 15 is 0 Å². The van der Waals surface area contributed by atoms with E-state index in [2.05, 4.69) is 32.6 Å². The second kappa shape index (κ2) is 5.50. The second-order valence-electron chi connectivity index (χ2n) is 4.31. The minimum atomic E-state index is 0.581. The fraction of sp³-hybridized carbons (Fsp3) is 0.214. The van der Waals surface area contributed by atoms with E-state index in [9.17, 15) is 0 Å². The van der Waals surface area contributed by atoms with Gasteiger partial charge >= 0.3 is 0 Å². The molecule has 1 N–H and O–H groups in total. The van der Waals surface area contributed by atoms with Gasteiger partial charge in [0.05, 0.1) is 5.52 Å². The van der Waals surface area contributed by atoms with Crippen molar-refractivity contribution >= 4 is 28.5 Å². The first-order chi connectivity index (χ1) is 9.76. The lowest BCUT2D eigenvalue weighted by Crippen LogP contribution is -1.98. The van der Waals surface area contributed by atoms with Crippen LogP contribution in [0.1, 0.15) is 11.5 Å². The summed E-state index contributed by atoms with van der Waals surface area (Å²) in [6, 6.07) is 10.2. The highest BCUT2D eigenvalue weighted by Crippen LogP contribution is 2.27. The summed E-state index contributed by atoms with van der Waals surface area (Å²) in [5.41, 5.74) is 2.10. The summed E-state index contributed by atoms with van der Waals surface area (Å²) in [4.78, 5) is 4.62. The molecule has 0 aliphatic carbocycles. The largest absolute Gasteiger partial charge is 0.416 e. The lowest BCUT2D eigenvalue weighted by molar-refractivity contribution is 0.429. The smallest absolute Gasteiger partial charge is 0.276 e. The van der Waals surface area contributed by atoms with Crippen LogP contribution in [-0.4, -0.2) is 22.2 Å². The third-order valence-electron chi connectivity index (χ3n) is 2.90. The normalized spacial score (nSPS) is 10.9. The fourth-order valence-electron chi connectivity index (χ4n) is 1.96. The summed E-state index contributed by atoms with van der Waals surface area (Å²) in [6.07, 6.45) is 0. The lowest BCUT2D eigenvalue weighted by Gasteiger charge is -2.08. The molecule has 0 fully saturated rings. The first kappa shape index (κ1) is 12.9. The third-order valence-corrected chi connectivity index (χ3v) is 3.77. The average Bonchev–Trinajstić information content (AvgIpc) is 2.89. The van der Waals surface area contributed by atoms with Gasteiger partial charge in [0.2, 0.25) is 5.89 Å². The standard InChI is InChI=1S/C14H14N4OS/c1-9-17-18-14(19-9)20-8-11-7-10-5-3-4-6-12(10)16-13(11)15-2/h3-7H,8H2,1-2H3,(H,15,16). The van der Waals surface area contributed by atoms with Crippen LogP contribution in [0.5, 0.6) is 0 Å². The summed E-state index contributed by atoms with van der Waals surface area (Å²) >= 11 is 1.51. The van der Waals surface area contributed by atoms with Crippen molar-refractivity contribution in [3.8, 4) is 0 Å². The van der Waals surface area contributed by atoms with Crippen LogP contribution in [0.2, 0.25) is 0 Å². The summed E-state index contributed by atoms with van der Waals surface area (Å²) in [6.45, 7) is 1.79. The van der Waals surface area contributed by atoms with Crippen molar-refractivity contribution < 1.29 is 4.42 Å². The molecule has 0 bridgehead atoms. The Morgan fingerprint density at radius 2 is 2.10 bits per heavy atom. The highest BCUT2D eigenvalue weighted by atomic mass is 32.2. The van der Waals surface area contributed by atoms with Gasteiger partial charge in [0.25, 0.3) is 5.22 Å². The summed E-state index contributed by atoms with van der Waals surface area (Å²) in [5.74, 6) is 2.20. The molecule has 0 aliphatic rings. The molecule has 0 saturated carbocycles. The fourth-order valence-corrected chi connectivity index (χ4v) is 2.74. The highest BCUT2D eigenvalue weighted by Gasteiger charge is 2.09. The van der Waals surface area contributed by atoms with Crippen LogP contribution in [0, 0.1) is 6.92 Å². The van der Waals surface area contributed by atoms with Gasteiger partial charge in [-0.3, -0.25) is 0 Å². The van der Waals surface area contributed by atoms with Crippen molar-refractivity contribution in [3.63, 3.8) is 0 Å². The van der Waals surface area contributed by atoms with Crippen molar-refractivity contribution in [1.29, 1.82) is 0 Å². The van der Waals surface area contributed by atoms with E-state index in [1.165, 1.54) is 11.8 Å². The van der Waals surface area contributed by atoms with E-state index in [-0.39, 0.29) is 0 Å². The van der Waals surface area contributed by atoms with Gasteiger partial charge in [0.1, 0.15) is 5.82 Å². The number of hydrogen-bond donors (Lipinski definition) is 1. The minimum absolute atomic E-state index is 0.581. The zero-order chi connectivity index (χ0) is 13.9. The first-order valence-corrected chi connectivity index (χ1v) is 7.24. The number of pyridine rings is 1. The van der Waals surface area contributed by atoms with E-state index in [4.69, 9.17) is 4.42 Å². The zero-order valence-corrected chi connectivity index (χ0v) is 12.1. The number of nitrogens with zero attached hydrogens (tertiary/aromatic N) is 3. The van der Waals surface area contributed by atoms with Gasteiger partial charge in [-0.2, -0.15) is 0 Å². The van der Waals surface area contributed by atoms with Crippen molar-refractivity contribution in [3.05, 3.63) is 41.8 Å². The van der Waals surface area contributed by atoms with Crippen LogP contribution in [0.3, 0.4) is 0 Å². The van der Waals surface area contributed by atoms with Crippen LogP contribution in [0.25, 0.3) is 10.9 Å². The third kappa shape index (κ3) is 2.60. The summed E-state index contributed by atoms with van der Waals surface area (Å²) in [7, 11) is 1.88. The van der Waals surface area contributed by atoms with Gasteiger partial charge in [-0.05, 0) is 12.1 Å². The molecule has 6 heteroatoms. The number of thioether (sulfide) groups is 1. The number of nitrogens with one attached hydrogen (secondary N) is 1. The predicted molar refractivity (Wildman–Crippen MR) is 79.9 cm³/mol. The number of rotatable bonds is 4. The molecular weight excluding hydrogens is 272 g/mol. The van der Waals surface area contributed by atoms with Gasteiger partial charge in [0.15, 0.2) is 0 Å². The molecule has 102 valence electrons. The molecule has 3 aromatic rings. The Morgan fingerprint density at radius 1 is 1.25 bits per heavy atom. The molecule has 20 heavy (non-hydrogen) atoms. The maximum Gasteiger partial charge on any atom is 0.276 e. The van der Waals surface area contributed by atoms with Crippen LogP contribution >= 0.6 is 11.8 Å². The Morgan fingerprint density at radius 3 is 2.85 bits per heavy atom. The molecule has 2 aromatic heterocycles. The molecule has 0 amide bonds. The van der Waals surface area contributed by atoms with E-state index in [0.29, 0.717) is 11.1 Å². The molecule has 5 nitrogen and oxygen atoms in total. The van der Waals surface area contributed by atoms with Gasteiger partial charge in [-0.15, -0.1) is 10.2 Å². The molecule has 0 radical (unpaired) electrons.